The molecule has 1 aromatic heterocycles. The summed E-state index contributed by atoms with van der Waals surface area (Å²) in [5, 5.41) is -0.268. The maximum absolute atomic E-state index is 12.6. The molecule has 1 aliphatic rings. The van der Waals surface area contributed by atoms with E-state index in [2.05, 4.69) is 9.97 Å². The number of hydrogen-bond acceptors (Lipinski definition) is 5. The third-order valence-corrected chi connectivity index (χ3v) is 5.44. The van der Waals surface area contributed by atoms with Gasteiger partial charge in [0.15, 0.2) is 5.69 Å². The zero-order chi connectivity index (χ0) is 15.6. The smallest absolute Gasteiger partial charge is 0.274 e. The number of nitrogens with zero attached hydrogens (tertiary/aromatic N) is 3. The second-order valence-electron chi connectivity index (χ2n) is 5.10. The van der Waals surface area contributed by atoms with Crippen molar-refractivity contribution in [2.75, 3.05) is 12.3 Å². The van der Waals surface area contributed by atoms with Gasteiger partial charge in [0, 0.05) is 12.6 Å². The quantitative estimate of drug-likeness (QED) is 0.791. The summed E-state index contributed by atoms with van der Waals surface area (Å²) in [5.74, 6) is -0.454. The molecule has 2 rings (SSSR count). The molecule has 1 aliphatic heterocycles. The minimum atomic E-state index is -3.57. The van der Waals surface area contributed by atoms with Crippen LogP contribution in [-0.4, -0.2) is 47.5 Å². The molecule has 0 aliphatic carbocycles. The summed E-state index contributed by atoms with van der Waals surface area (Å²) in [6.07, 6.45) is 4.12. The molecule has 1 aromatic rings. The van der Waals surface area contributed by atoms with Crippen LogP contribution in [0.1, 0.15) is 43.6 Å². The van der Waals surface area contributed by atoms with Crippen LogP contribution in [0.2, 0.25) is 5.02 Å². The van der Waals surface area contributed by atoms with Gasteiger partial charge in [0.25, 0.3) is 5.91 Å². The Morgan fingerprint density at radius 1 is 1.48 bits per heavy atom. The molecule has 0 radical (unpaired) electrons. The first-order valence-corrected chi connectivity index (χ1v) is 8.96. The molecule has 116 valence electrons. The van der Waals surface area contributed by atoms with E-state index < -0.39 is 9.84 Å². The van der Waals surface area contributed by atoms with E-state index in [1.165, 1.54) is 13.1 Å². The Labute approximate surface area is 129 Å². The molecule has 1 unspecified atom stereocenters. The van der Waals surface area contributed by atoms with Crippen LogP contribution in [0.4, 0.5) is 0 Å². The van der Waals surface area contributed by atoms with Crippen molar-refractivity contribution >= 4 is 27.3 Å². The van der Waals surface area contributed by atoms with Crippen LogP contribution in [0, 0.1) is 0 Å². The standard InChI is InChI=1S/C13H18ClN3O3S/c1-3-21(19,20)13-15-8-10(14)11(16-13)12(18)17-7-5-4-6-9(17)2/h8-9H,3-7H2,1-2H3. The van der Waals surface area contributed by atoms with E-state index in [9.17, 15) is 13.2 Å². The first-order valence-electron chi connectivity index (χ1n) is 6.93. The van der Waals surface area contributed by atoms with Crippen molar-refractivity contribution in [3.05, 3.63) is 16.9 Å². The SMILES string of the molecule is CCS(=O)(=O)c1ncc(Cl)c(C(=O)N2CCCCC2C)n1. The maximum Gasteiger partial charge on any atom is 0.274 e. The molecule has 0 aromatic carbocycles. The van der Waals surface area contributed by atoms with Crippen LogP contribution in [0.25, 0.3) is 0 Å². The van der Waals surface area contributed by atoms with Crippen molar-refractivity contribution in [3.63, 3.8) is 0 Å². The van der Waals surface area contributed by atoms with Gasteiger partial charge < -0.3 is 4.90 Å². The minimum Gasteiger partial charge on any atom is -0.335 e. The molecule has 8 heteroatoms. The number of carbonyl (C=O) groups is 1. The van der Waals surface area contributed by atoms with Gasteiger partial charge in [0.2, 0.25) is 15.0 Å². The van der Waals surface area contributed by atoms with E-state index in [1.807, 2.05) is 6.92 Å². The molecule has 21 heavy (non-hydrogen) atoms. The number of piperidine rings is 1. The molecular formula is C13H18ClN3O3S. The van der Waals surface area contributed by atoms with Gasteiger partial charge >= 0.3 is 0 Å². The van der Waals surface area contributed by atoms with Gasteiger partial charge in [-0.1, -0.05) is 18.5 Å². The normalized spacial score (nSPS) is 19.6. The van der Waals surface area contributed by atoms with Gasteiger partial charge in [0.1, 0.15) is 0 Å². The van der Waals surface area contributed by atoms with Crippen LogP contribution in [0.15, 0.2) is 11.4 Å². The van der Waals surface area contributed by atoms with Gasteiger partial charge in [-0.05, 0) is 26.2 Å². The number of hydrogen-bond donors (Lipinski definition) is 0. The molecule has 0 N–H and O–H groups in total. The molecule has 1 fully saturated rings. The molecule has 0 spiro atoms. The second-order valence-corrected chi connectivity index (χ2v) is 7.68. The summed E-state index contributed by atoms with van der Waals surface area (Å²) in [6, 6.07) is 0.100. The van der Waals surface area contributed by atoms with E-state index in [1.54, 1.807) is 4.90 Å². The number of sulfone groups is 1. The first kappa shape index (κ1) is 16.2. The largest absolute Gasteiger partial charge is 0.335 e. The number of likely N-dealkylation sites (tertiary alicyclic amines) is 1. The summed E-state index contributed by atoms with van der Waals surface area (Å²) in [6.45, 7) is 4.10. The maximum atomic E-state index is 12.6. The lowest BCUT2D eigenvalue weighted by atomic mass is 10.0. The lowest BCUT2D eigenvalue weighted by molar-refractivity contribution is 0.0628. The lowest BCUT2D eigenvalue weighted by Crippen LogP contribution is -2.42. The van der Waals surface area contributed by atoms with Gasteiger partial charge in [-0.25, -0.2) is 18.4 Å². The molecule has 0 bridgehead atoms. The Bertz CT molecular complexity index is 648. The van der Waals surface area contributed by atoms with Crippen molar-refractivity contribution < 1.29 is 13.2 Å². The van der Waals surface area contributed by atoms with Gasteiger partial charge in [-0.3, -0.25) is 4.79 Å². The number of halogens is 1. The number of carbonyl (C=O) groups excluding carboxylic acids is 1. The summed E-state index contributed by atoms with van der Waals surface area (Å²) < 4.78 is 23.7. The number of aromatic nitrogens is 2. The van der Waals surface area contributed by atoms with Crippen molar-refractivity contribution in [1.82, 2.24) is 14.9 Å². The van der Waals surface area contributed by atoms with E-state index in [4.69, 9.17) is 11.6 Å². The van der Waals surface area contributed by atoms with Gasteiger partial charge in [-0.15, -0.1) is 0 Å². The Morgan fingerprint density at radius 2 is 2.19 bits per heavy atom. The van der Waals surface area contributed by atoms with E-state index in [0.717, 1.165) is 19.3 Å². The van der Waals surface area contributed by atoms with Crippen LogP contribution in [0.3, 0.4) is 0 Å². The van der Waals surface area contributed by atoms with Crippen molar-refractivity contribution in [2.45, 2.75) is 44.3 Å². The van der Waals surface area contributed by atoms with Crippen LogP contribution in [-0.2, 0) is 9.84 Å². The van der Waals surface area contributed by atoms with E-state index >= 15 is 0 Å². The third-order valence-electron chi connectivity index (χ3n) is 3.65. The van der Waals surface area contributed by atoms with E-state index in [0.29, 0.717) is 6.54 Å². The Balaban J connectivity index is 2.39. The summed E-state index contributed by atoms with van der Waals surface area (Å²) in [5.41, 5.74) is -0.0348. The Kier molecular flexibility index (Phi) is 4.83. The lowest BCUT2D eigenvalue weighted by Gasteiger charge is -2.33. The molecule has 2 heterocycles. The highest BCUT2D eigenvalue weighted by Gasteiger charge is 2.28. The molecule has 1 atom stereocenters. The molecule has 1 amide bonds. The van der Waals surface area contributed by atoms with Gasteiger partial charge in [-0.2, -0.15) is 0 Å². The van der Waals surface area contributed by atoms with Crippen LogP contribution in [0.5, 0.6) is 0 Å². The molecule has 1 saturated heterocycles. The zero-order valence-electron chi connectivity index (χ0n) is 12.0. The predicted molar refractivity (Wildman–Crippen MR) is 79.1 cm³/mol. The summed E-state index contributed by atoms with van der Waals surface area (Å²) in [4.78, 5) is 21.9. The first-order chi connectivity index (χ1) is 9.86. The van der Waals surface area contributed by atoms with Gasteiger partial charge in [0.05, 0.1) is 17.0 Å². The van der Waals surface area contributed by atoms with Crippen molar-refractivity contribution in [3.8, 4) is 0 Å². The summed E-state index contributed by atoms with van der Waals surface area (Å²) in [7, 11) is -3.57. The Hall–Kier alpha value is -1.21. The average Bonchev–Trinajstić information content (AvgIpc) is 2.47. The van der Waals surface area contributed by atoms with Crippen molar-refractivity contribution in [2.24, 2.45) is 0 Å². The number of amides is 1. The molecule has 0 saturated carbocycles. The highest BCUT2D eigenvalue weighted by Crippen LogP contribution is 2.22. The molecule has 6 nitrogen and oxygen atoms in total. The zero-order valence-corrected chi connectivity index (χ0v) is 13.6. The fraction of sp³-hybridized carbons (Fsp3) is 0.615. The average molecular weight is 332 g/mol. The number of rotatable bonds is 3. The highest BCUT2D eigenvalue weighted by atomic mass is 35.5. The third kappa shape index (κ3) is 3.35. The molecular weight excluding hydrogens is 314 g/mol. The monoisotopic (exact) mass is 331 g/mol. The fourth-order valence-corrected chi connectivity index (χ4v) is 3.19. The highest BCUT2D eigenvalue weighted by molar-refractivity contribution is 7.91. The predicted octanol–water partition coefficient (Wildman–Crippen LogP) is 1.94. The second kappa shape index (κ2) is 6.27. The Morgan fingerprint density at radius 3 is 2.81 bits per heavy atom. The van der Waals surface area contributed by atoms with Crippen LogP contribution >= 0.6 is 11.6 Å². The fourth-order valence-electron chi connectivity index (χ4n) is 2.32. The minimum absolute atomic E-state index is 0.0348. The van der Waals surface area contributed by atoms with E-state index in [-0.39, 0.29) is 33.6 Å². The topological polar surface area (TPSA) is 80.2 Å². The van der Waals surface area contributed by atoms with Crippen LogP contribution < -0.4 is 0 Å². The summed E-state index contributed by atoms with van der Waals surface area (Å²) >= 11 is 5.98. The van der Waals surface area contributed by atoms with Crippen molar-refractivity contribution in [1.29, 1.82) is 0 Å².